The van der Waals surface area contributed by atoms with Crippen molar-refractivity contribution < 1.29 is 9.53 Å². The molecular formula is C25H22N4O2. The van der Waals surface area contributed by atoms with Crippen molar-refractivity contribution in [3.63, 3.8) is 0 Å². The average molecular weight is 410 g/mol. The molecule has 6 nitrogen and oxygen atoms in total. The highest BCUT2D eigenvalue weighted by Crippen LogP contribution is 2.24. The van der Waals surface area contributed by atoms with Gasteiger partial charge < -0.3 is 4.74 Å². The summed E-state index contributed by atoms with van der Waals surface area (Å²) in [7, 11) is 1.62. The number of nitrogens with zero attached hydrogens (tertiary/aromatic N) is 2. The number of carbonyl (C=O) groups is 1. The highest BCUT2D eigenvalue weighted by Gasteiger charge is 2.11. The average Bonchev–Trinajstić information content (AvgIpc) is 3.33. The third-order valence-electron chi connectivity index (χ3n) is 4.94. The second-order valence-corrected chi connectivity index (χ2v) is 6.98. The summed E-state index contributed by atoms with van der Waals surface area (Å²) in [5.74, 6) is 0.412. The first-order valence-electron chi connectivity index (χ1n) is 9.84. The van der Waals surface area contributed by atoms with Crippen molar-refractivity contribution in [2.24, 2.45) is 5.10 Å². The molecule has 1 amide bonds. The molecule has 0 radical (unpaired) electrons. The quantitative estimate of drug-likeness (QED) is 0.350. The Morgan fingerprint density at radius 3 is 2.23 bits per heavy atom. The zero-order valence-corrected chi connectivity index (χ0v) is 17.3. The van der Waals surface area contributed by atoms with Crippen LogP contribution in [0.4, 0.5) is 0 Å². The van der Waals surface area contributed by atoms with E-state index in [0.717, 1.165) is 28.0 Å². The number of benzene rings is 3. The van der Waals surface area contributed by atoms with Gasteiger partial charge in [0, 0.05) is 5.56 Å². The Morgan fingerprint density at radius 2 is 1.55 bits per heavy atom. The molecule has 0 saturated carbocycles. The molecule has 0 unspecified atom stereocenters. The van der Waals surface area contributed by atoms with Gasteiger partial charge in [0.25, 0.3) is 5.91 Å². The summed E-state index contributed by atoms with van der Waals surface area (Å²) in [6, 6.07) is 27.4. The maximum absolute atomic E-state index is 12.5. The van der Waals surface area contributed by atoms with Crippen molar-refractivity contribution in [1.29, 1.82) is 0 Å². The lowest BCUT2D eigenvalue weighted by Gasteiger charge is -2.03. The Morgan fingerprint density at radius 1 is 0.903 bits per heavy atom. The van der Waals surface area contributed by atoms with E-state index in [2.05, 4.69) is 32.9 Å². The van der Waals surface area contributed by atoms with E-state index < -0.39 is 0 Å². The molecule has 4 aromatic rings. The summed E-state index contributed by atoms with van der Waals surface area (Å²) >= 11 is 0. The summed E-state index contributed by atoms with van der Waals surface area (Å²) in [6.45, 7) is 1.83. The number of aromatic nitrogens is 2. The lowest BCUT2D eigenvalue weighted by atomic mass is 10.0. The molecule has 0 bridgehead atoms. The van der Waals surface area contributed by atoms with Crippen molar-refractivity contribution in [2.75, 3.05) is 7.11 Å². The monoisotopic (exact) mass is 410 g/mol. The minimum atomic E-state index is -0.354. The molecule has 154 valence electrons. The topological polar surface area (TPSA) is 79.4 Å². The first-order valence-corrected chi connectivity index (χ1v) is 9.84. The Kier molecular flexibility index (Phi) is 5.89. The molecule has 0 spiro atoms. The van der Waals surface area contributed by atoms with E-state index in [9.17, 15) is 4.79 Å². The minimum absolute atomic E-state index is 0.341. The van der Waals surface area contributed by atoms with Gasteiger partial charge in [-0.15, -0.1) is 0 Å². The van der Waals surface area contributed by atoms with E-state index in [-0.39, 0.29) is 5.91 Å². The number of amides is 1. The number of hydrogen-bond acceptors (Lipinski definition) is 4. The van der Waals surface area contributed by atoms with Gasteiger partial charge in [-0.1, -0.05) is 54.6 Å². The van der Waals surface area contributed by atoms with E-state index in [1.54, 1.807) is 13.2 Å². The van der Waals surface area contributed by atoms with Crippen LogP contribution in [0.5, 0.6) is 5.75 Å². The summed E-state index contributed by atoms with van der Waals surface area (Å²) in [5.41, 5.74) is 8.39. The number of ether oxygens (including phenoxy) is 1. The zero-order chi connectivity index (χ0) is 21.6. The first-order chi connectivity index (χ1) is 15.1. The van der Waals surface area contributed by atoms with Gasteiger partial charge in [0.2, 0.25) is 0 Å². The second-order valence-electron chi connectivity index (χ2n) is 6.98. The third kappa shape index (κ3) is 4.70. The standard InChI is InChI=1S/C25H22N4O2/c1-17(18-12-14-22(31-2)15-13-18)26-29-25(30)24-16-23(27-28-24)21-10-8-20(9-11-21)19-6-4-3-5-7-19/h3-16H,1-2H3,(H,27,28)(H,29,30)/b26-17+. The third-order valence-corrected chi connectivity index (χ3v) is 4.94. The fourth-order valence-electron chi connectivity index (χ4n) is 3.14. The first kappa shape index (κ1) is 20.1. The molecular weight excluding hydrogens is 388 g/mol. The van der Waals surface area contributed by atoms with Crippen LogP contribution in [0.2, 0.25) is 0 Å². The molecule has 0 aliphatic carbocycles. The fraction of sp³-hybridized carbons (Fsp3) is 0.0800. The smallest absolute Gasteiger partial charge is 0.289 e. The van der Waals surface area contributed by atoms with Crippen LogP contribution in [0.1, 0.15) is 23.0 Å². The van der Waals surface area contributed by atoms with Gasteiger partial charge in [0.1, 0.15) is 11.4 Å². The van der Waals surface area contributed by atoms with Gasteiger partial charge in [0.15, 0.2) is 0 Å². The van der Waals surface area contributed by atoms with Gasteiger partial charge in [-0.25, -0.2) is 5.43 Å². The molecule has 2 N–H and O–H groups in total. The van der Waals surface area contributed by atoms with Gasteiger partial charge in [0.05, 0.1) is 18.5 Å². The lowest BCUT2D eigenvalue weighted by molar-refractivity contribution is 0.0950. The highest BCUT2D eigenvalue weighted by molar-refractivity contribution is 6.00. The Hall–Kier alpha value is -4.19. The van der Waals surface area contributed by atoms with Gasteiger partial charge in [-0.05, 0) is 53.9 Å². The van der Waals surface area contributed by atoms with Crippen molar-refractivity contribution >= 4 is 11.6 Å². The summed E-state index contributed by atoms with van der Waals surface area (Å²) in [6.07, 6.45) is 0. The Bertz CT molecular complexity index is 1190. The maximum Gasteiger partial charge on any atom is 0.289 e. The van der Waals surface area contributed by atoms with E-state index >= 15 is 0 Å². The van der Waals surface area contributed by atoms with Crippen LogP contribution >= 0.6 is 0 Å². The molecule has 0 aliphatic heterocycles. The van der Waals surface area contributed by atoms with Gasteiger partial charge >= 0.3 is 0 Å². The number of H-pyrrole nitrogens is 1. The largest absolute Gasteiger partial charge is 0.497 e. The molecule has 0 atom stereocenters. The van der Waals surface area contributed by atoms with Gasteiger partial charge in [-0.2, -0.15) is 10.2 Å². The molecule has 3 aromatic carbocycles. The fourth-order valence-corrected chi connectivity index (χ4v) is 3.14. The van der Waals surface area contributed by atoms with Crippen LogP contribution in [0, 0.1) is 0 Å². The van der Waals surface area contributed by atoms with Crippen LogP contribution in [0.3, 0.4) is 0 Å². The summed E-state index contributed by atoms with van der Waals surface area (Å²) in [5, 5.41) is 11.2. The van der Waals surface area contributed by atoms with E-state index in [4.69, 9.17) is 4.74 Å². The molecule has 1 aromatic heterocycles. The summed E-state index contributed by atoms with van der Waals surface area (Å²) in [4.78, 5) is 12.5. The molecule has 31 heavy (non-hydrogen) atoms. The number of hydrogen-bond donors (Lipinski definition) is 2. The van der Waals surface area contributed by atoms with E-state index in [1.165, 1.54) is 0 Å². The van der Waals surface area contributed by atoms with Crippen LogP contribution in [-0.2, 0) is 0 Å². The van der Waals surface area contributed by atoms with Crippen LogP contribution in [0.15, 0.2) is 90.0 Å². The summed E-state index contributed by atoms with van der Waals surface area (Å²) < 4.78 is 5.15. The Balaban J connectivity index is 1.43. The molecule has 0 aliphatic rings. The number of rotatable bonds is 6. The van der Waals surface area contributed by atoms with Crippen LogP contribution in [0.25, 0.3) is 22.4 Å². The predicted molar refractivity (Wildman–Crippen MR) is 122 cm³/mol. The highest BCUT2D eigenvalue weighted by atomic mass is 16.5. The number of carbonyl (C=O) groups excluding carboxylic acids is 1. The molecule has 0 saturated heterocycles. The SMILES string of the molecule is COc1ccc(/C(C)=N/NC(=O)c2cc(-c3ccc(-c4ccccc4)cc3)n[nH]2)cc1. The van der Waals surface area contributed by atoms with Crippen molar-refractivity contribution in [3.8, 4) is 28.1 Å². The zero-order valence-electron chi connectivity index (χ0n) is 17.3. The number of nitrogens with one attached hydrogen (secondary N) is 2. The van der Waals surface area contributed by atoms with Crippen molar-refractivity contribution in [1.82, 2.24) is 15.6 Å². The normalized spacial score (nSPS) is 11.2. The number of methoxy groups -OCH3 is 1. The molecule has 0 fully saturated rings. The minimum Gasteiger partial charge on any atom is -0.497 e. The van der Waals surface area contributed by atoms with E-state index in [0.29, 0.717) is 17.1 Å². The molecule has 6 heteroatoms. The van der Waals surface area contributed by atoms with Crippen molar-refractivity contribution in [3.05, 3.63) is 96.2 Å². The number of hydrazone groups is 1. The second kappa shape index (κ2) is 9.09. The molecule has 4 rings (SSSR count). The number of aromatic amines is 1. The van der Waals surface area contributed by atoms with Crippen molar-refractivity contribution in [2.45, 2.75) is 6.92 Å². The maximum atomic E-state index is 12.5. The predicted octanol–water partition coefficient (Wildman–Crippen LogP) is 4.91. The van der Waals surface area contributed by atoms with Gasteiger partial charge in [-0.3, -0.25) is 9.89 Å². The lowest BCUT2D eigenvalue weighted by Crippen LogP contribution is -2.19. The van der Waals surface area contributed by atoms with Crippen LogP contribution in [-0.4, -0.2) is 28.9 Å². The Labute approximate surface area is 180 Å². The van der Waals surface area contributed by atoms with Crippen LogP contribution < -0.4 is 10.2 Å². The van der Waals surface area contributed by atoms with E-state index in [1.807, 2.05) is 73.7 Å². The molecule has 1 heterocycles.